The van der Waals surface area contributed by atoms with E-state index in [1.54, 1.807) is 0 Å². The van der Waals surface area contributed by atoms with E-state index in [0.717, 1.165) is 0 Å². The van der Waals surface area contributed by atoms with Crippen LogP contribution in [0.2, 0.25) is 0 Å². The molecular weight excluding hydrogens is 238 g/mol. The fourth-order valence-corrected chi connectivity index (χ4v) is 1.24. The SMILES string of the molecule is CC(C)(C)c1ccc([PH3+])cc1.F[B-](F)(F)F. The molecule has 16 heavy (non-hydrogen) atoms. The summed E-state index contributed by atoms with van der Waals surface area (Å²) in [7, 11) is -4.07. The maximum absolute atomic E-state index is 9.75. The lowest BCUT2D eigenvalue weighted by atomic mass is 9.87. The largest absolute Gasteiger partial charge is 0.673 e. The Hall–Kier alpha value is -0.565. The van der Waals surface area contributed by atoms with Gasteiger partial charge in [0.2, 0.25) is 0 Å². The molecule has 1 rings (SSSR count). The van der Waals surface area contributed by atoms with Crippen molar-refractivity contribution in [3.05, 3.63) is 29.8 Å². The summed E-state index contributed by atoms with van der Waals surface area (Å²) >= 11 is 0. The molecule has 0 radical (unpaired) electrons. The first-order valence-corrected chi connectivity index (χ1v) is 5.50. The molecule has 92 valence electrons. The van der Waals surface area contributed by atoms with E-state index in [1.165, 1.54) is 10.9 Å². The van der Waals surface area contributed by atoms with Gasteiger partial charge in [-0.3, -0.25) is 0 Å². The number of halogens is 4. The van der Waals surface area contributed by atoms with E-state index in [1.807, 2.05) is 9.24 Å². The fraction of sp³-hybridized carbons (Fsp3) is 0.400. The molecule has 0 aromatic heterocycles. The van der Waals surface area contributed by atoms with Crippen LogP contribution in [0.15, 0.2) is 24.3 Å². The van der Waals surface area contributed by atoms with Crippen LogP contribution in [0.5, 0.6) is 0 Å². The van der Waals surface area contributed by atoms with Crippen molar-refractivity contribution in [3.63, 3.8) is 0 Å². The third kappa shape index (κ3) is 8.72. The van der Waals surface area contributed by atoms with Gasteiger partial charge in [-0.1, -0.05) is 32.9 Å². The highest BCUT2D eigenvalue weighted by Crippen LogP contribution is 2.20. The molecule has 1 atom stereocenters. The van der Waals surface area contributed by atoms with E-state index >= 15 is 0 Å². The van der Waals surface area contributed by atoms with Gasteiger partial charge >= 0.3 is 7.25 Å². The molecule has 0 heterocycles. The predicted octanol–water partition coefficient (Wildman–Crippen LogP) is 3.52. The average molecular weight is 254 g/mol. The summed E-state index contributed by atoms with van der Waals surface area (Å²) in [4.78, 5) is 0. The Labute approximate surface area is 95.7 Å². The molecule has 1 aromatic carbocycles. The molecule has 0 saturated carbocycles. The molecule has 0 amide bonds. The van der Waals surface area contributed by atoms with Crippen molar-refractivity contribution in [2.75, 3.05) is 0 Å². The van der Waals surface area contributed by atoms with Gasteiger partial charge in [0.25, 0.3) is 0 Å². The summed E-state index contributed by atoms with van der Waals surface area (Å²) in [5.41, 5.74) is 1.70. The van der Waals surface area contributed by atoms with Crippen LogP contribution in [0.1, 0.15) is 26.3 Å². The Morgan fingerprint density at radius 1 is 0.938 bits per heavy atom. The molecule has 0 aliphatic carbocycles. The van der Waals surface area contributed by atoms with Crippen molar-refractivity contribution in [2.24, 2.45) is 0 Å². The van der Waals surface area contributed by atoms with Crippen molar-refractivity contribution in [2.45, 2.75) is 26.2 Å². The molecule has 1 aromatic rings. The van der Waals surface area contributed by atoms with Crippen molar-refractivity contribution < 1.29 is 17.3 Å². The molecule has 1 unspecified atom stereocenters. The lowest BCUT2D eigenvalue weighted by molar-refractivity contribution is 0.368. The van der Waals surface area contributed by atoms with Gasteiger partial charge in [0.1, 0.15) is 0 Å². The first-order chi connectivity index (χ1) is 7.00. The standard InChI is InChI=1S/C10H15P.BF4/c1-10(2,3)8-4-6-9(11)7-5-8;2-1(3,4)5/h4-7H,11H2,1-3H3;/q;-1/p+1. The highest BCUT2D eigenvalue weighted by atomic mass is 31.0. The lowest BCUT2D eigenvalue weighted by Gasteiger charge is -2.18. The van der Waals surface area contributed by atoms with Crippen LogP contribution in [0, 0.1) is 0 Å². The quantitative estimate of drug-likeness (QED) is 0.377. The summed E-state index contributed by atoms with van der Waals surface area (Å²) in [6, 6.07) is 8.78. The van der Waals surface area contributed by atoms with Crippen LogP contribution < -0.4 is 5.30 Å². The van der Waals surface area contributed by atoms with Crippen molar-refractivity contribution in [1.82, 2.24) is 0 Å². The van der Waals surface area contributed by atoms with Crippen molar-refractivity contribution >= 4 is 21.8 Å². The van der Waals surface area contributed by atoms with E-state index in [0.29, 0.717) is 0 Å². The molecular formula is C10H16BF4P. The zero-order valence-corrected chi connectivity index (χ0v) is 11.0. The zero-order chi connectivity index (χ0) is 13.0. The molecule has 0 bridgehead atoms. The number of hydrogen-bond acceptors (Lipinski definition) is 0. The minimum atomic E-state index is -6.00. The molecule has 0 N–H and O–H groups in total. The molecule has 0 spiro atoms. The van der Waals surface area contributed by atoms with Gasteiger partial charge in [-0.15, -0.1) is 0 Å². The maximum atomic E-state index is 9.75. The summed E-state index contributed by atoms with van der Waals surface area (Å²) < 4.78 is 39.0. The van der Waals surface area contributed by atoms with E-state index in [4.69, 9.17) is 0 Å². The topological polar surface area (TPSA) is 0 Å². The number of benzene rings is 1. The maximum Gasteiger partial charge on any atom is 0.673 e. The Balaban J connectivity index is 0.000000385. The normalized spacial score (nSPS) is 11.9. The Morgan fingerprint density at radius 3 is 1.50 bits per heavy atom. The third-order valence-electron chi connectivity index (χ3n) is 1.82. The number of hydrogen-bond donors (Lipinski definition) is 0. The summed E-state index contributed by atoms with van der Waals surface area (Å²) in [5.74, 6) is 0. The minimum absolute atomic E-state index is 0.289. The summed E-state index contributed by atoms with van der Waals surface area (Å²) in [6.45, 7) is 6.71. The van der Waals surface area contributed by atoms with E-state index in [-0.39, 0.29) is 5.41 Å². The second-order valence-electron chi connectivity index (χ2n) is 4.44. The second-order valence-corrected chi connectivity index (χ2v) is 5.26. The van der Waals surface area contributed by atoms with Gasteiger partial charge in [0.05, 0.1) is 5.30 Å². The molecule has 0 fully saturated rings. The van der Waals surface area contributed by atoms with E-state index in [2.05, 4.69) is 45.0 Å². The highest BCUT2D eigenvalue weighted by Gasteiger charge is 2.20. The van der Waals surface area contributed by atoms with Crippen LogP contribution in [0.25, 0.3) is 0 Å². The first kappa shape index (κ1) is 15.4. The van der Waals surface area contributed by atoms with E-state index < -0.39 is 7.25 Å². The van der Waals surface area contributed by atoms with Gasteiger partial charge in [-0.25, -0.2) is 0 Å². The first-order valence-electron chi connectivity index (χ1n) is 4.80. The van der Waals surface area contributed by atoms with Crippen LogP contribution >= 0.6 is 9.24 Å². The summed E-state index contributed by atoms with van der Waals surface area (Å²) in [6.07, 6.45) is 0. The number of rotatable bonds is 0. The fourth-order valence-electron chi connectivity index (χ4n) is 1.00. The Bertz CT molecular complexity index is 307. The van der Waals surface area contributed by atoms with Crippen molar-refractivity contribution in [3.8, 4) is 0 Å². The Kier molecular flexibility index (Phi) is 5.47. The van der Waals surface area contributed by atoms with Crippen LogP contribution in [0.4, 0.5) is 17.3 Å². The molecule has 6 heteroatoms. The van der Waals surface area contributed by atoms with Crippen LogP contribution in [-0.2, 0) is 5.41 Å². The average Bonchev–Trinajstić information content (AvgIpc) is 1.99. The molecule has 0 aliphatic heterocycles. The van der Waals surface area contributed by atoms with Crippen LogP contribution in [0.3, 0.4) is 0 Å². The smallest absolute Gasteiger partial charge is 0.418 e. The van der Waals surface area contributed by atoms with Gasteiger partial charge in [-0.05, 0) is 23.1 Å². The predicted molar refractivity (Wildman–Crippen MR) is 66.1 cm³/mol. The van der Waals surface area contributed by atoms with Gasteiger partial charge in [-0.2, -0.15) is 0 Å². The van der Waals surface area contributed by atoms with Gasteiger partial charge in [0, 0.05) is 9.24 Å². The molecule has 0 nitrogen and oxygen atoms in total. The van der Waals surface area contributed by atoms with E-state index in [9.17, 15) is 17.3 Å². The highest BCUT2D eigenvalue weighted by molar-refractivity contribution is 7.27. The third-order valence-corrected chi connectivity index (χ3v) is 2.29. The van der Waals surface area contributed by atoms with Gasteiger partial charge < -0.3 is 17.3 Å². The Morgan fingerprint density at radius 2 is 1.25 bits per heavy atom. The van der Waals surface area contributed by atoms with Crippen molar-refractivity contribution in [1.29, 1.82) is 0 Å². The molecule has 0 aliphatic rings. The molecule has 0 saturated heterocycles. The van der Waals surface area contributed by atoms with Gasteiger partial charge in [0.15, 0.2) is 0 Å². The van der Waals surface area contributed by atoms with Crippen LogP contribution in [-0.4, -0.2) is 7.25 Å². The second kappa shape index (κ2) is 5.67. The monoisotopic (exact) mass is 254 g/mol. The zero-order valence-electron chi connectivity index (χ0n) is 9.61. The minimum Gasteiger partial charge on any atom is -0.418 e. The summed E-state index contributed by atoms with van der Waals surface area (Å²) in [5, 5.41) is 1.36. The lowest BCUT2D eigenvalue weighted by Crippen LogP contribution is -2.11.